The second kappa shape index (κ2) is 19.5. The van der Waals surface area contributed by atoms with Crippen molar-refractivity contribution in [3.05, 3.63) is 46.3 Å². The third-order valence-electron chi connectivity index (χ3n) is 12.4. The molecule has 3 aliphatic rings. The zero-order valence-corrected chi connectivity index (χ0v) is 36.2. The van der Waals surface area contributed by atoms with Gasteiger partial charge < -0.3 is 38.2 Å². The monoisotopic (exact) mass is 831 g/mol. The molecule has 1 amide bonds. The highest BCUT2D eigenvalue weighted by molar-refractivity contribution is 6.08. The minimum Gasteiger partial charge on any atom is -0.455 e. The molecule has 0 spiro atoms. The van der Waals surface area contributed by atoms with E-state index in [1.807, 2.05) is 25.9 Å². The molecule has 0 bridgehead atoms. The van der Waals surface area contributed by atoms with E-state index in [1.165, 1.54) is 18.9 Å². The van der Waals surface area contributed by atoms with E-state index in [-0.39, 0.29) is 31.7 Å². The van der Waals surface area contributed by atoms with Crippen LogP contribution in [0.3, 0.4) is 0 Å². The molecule has 17 heteroatoms. The third-order valence-corrected chi connectivity index (χ3v) is 12.4. The first kappa shape index (κ1) is 47.5. The Balaban J connectivity index is 1.82. The summed E-state index contributed by atoms with van der Waals surface area (Å²) in [5.41, 5.74) is 2.61. The van der Waals surface area contributed by atoms with Crippen LogP contribution in [0.15, 0.2) is 35.4 Å². The summed E-state index contributed by atoms with van der Waals surface area (Å²) < 4.78 is 54.1. The number of methoxy groups -OCH3 is 1. The number of hydrogen-bond acceptors (Lipinski definition) is 13. The van der Waals surface area contributed by atoms with Crippen LogP contribution in [0.2, 0.25) is 0 Å². The second-order valence-corrected chi connectivity index (χ2v) is 17.0. The molecule has 1 aromatic rings. The average Bonchev–Trinajstić information content (AvgIpc) is 3.46. The van der Waals surface area contributed by atoms with Crippen LogP contribution in [0, 0.1) is 17.8 Å². The van der Waals surface area contributed by atoms with Gasteiger partial charge in [-0.2, -0.15) is 0 Å². The van der Waals surface area contributed by atoms with Crippen molar-refractivity contribution in [1.29, 1.82) is 0 Å². The number of likely N-dealkylation sites (N-methyl/N-ethyl adjacent to an activating group) is 1. The van der Waals surface area contributed by atoms with Gasteiger partial charge in [-0.1, -0.05) is 51.0 Å². The number of benzene rings is 1. The van der Waals surface area contributed by atoms with Gasteiger partial charge in [0.1, 0.15) is 11.9 Å². The van der Waals surface area contributed by atoms with Gasteiger partial charge in [-0.05, 0) is 91.6 Å². The summed E-state index contributed by atoms with van der Waals surface area (Å²) in [5, 5.41) is 3.56. The fraction of sp³-hybridized carbons (Fsp3) is 0.738. The molecular formula is C42H62FN5O11. The van der Waals surface area contributed by atoms with Crippen molar-refractivity contribution in [3.63, 3.8) is 0 Å². The zero-order valence-electron chi connectivity index (χ0n) is 36.2. The van der Waals surface area contributed by atoms with E-state index < -0.39 is 101 Å². The summed E-state index contributed by atoms with van der Waals surface area (Å²) in [5.74, 6) is -6.74. The first-order chi connectivity index (χ1) is 27.7. The van der Waals surface area contributed by atoms with E-state index in [2.05, 4.69) is 10.0 Å². The molecule has 3 heterocycles. The van der Waals surface area contributed by atoms with E-state index in [9.17, 15) is 24.0 Å². The molecule has 1 unspecified atom stereocenters. The largest absolute Gasteiger partial charge is 0.455 e. The van der Waals surface area contributed by atoms with Crippen LogP contribution in [0.4, 0.5) is 9.18 Å². The average molecular weight is 832 g/mol. The SMILES string of the molecule is CCC1OC(=O)[C@@](C)(F)C(=O)[C@@H](C)[C@@H](O[C@@H]2O[C@H](C)C[C@H](N(C)C)[C@H]2OC(=O)c2ccccc2)[C@](C)(OC)C[C@@H](C)C(=O)[C@H](C)[C@H]2N(CCCCN=[N+]=[N-])C(=O)O[C@]12C. The number of azide groups is 1. The van der Waals surface area contributed by atoms with E-state index >= 15 is 4.39 Å². The number of unbranched alkanes of at least 4 members (excludes halogenated alkanes) is 1. The number of carbonyl (C=O) groups is 5. The van der Waals surface area contributed by atoms with Gasteiger partial charge in [-0.15, -0.1) is 0 Å². The van der Waals surface area contributed by atoms with Crippen molar-refractivity contribution >= 4 is 29.6 Å². The lowest BCUT2D eigenvalue weighted by Gasteiger charge is -2.48. The number of alkyl halides is 1. The number of ketones is 2. The topological polar surface area (TPSA) is 196 Å². The maximum absolute atomic E-state index is 17.0. The molecule has 3 saturated heterocycles. The number of carbonyl (C=O) groups excluding carboxylic acids is 5. The molecule has 0 aromatic heterocycles. The molecule has 0 aliphatic carbocycles. The summed E-state index contributed by atoms with van der Waals surface area (Å²) in [6.45, 7) is 12.6. The van der Waals surface area contributed by atoms with Crippen LogP contribution in [0.5, 0.6) is 0 Å². The molecule has 3 fully saturated rings. The van der Waals surface area contributed by atoms with Gasteiger partial charge in [-0.25, -0.2) is 18.8 Å². The standard InChI is InChI=1S/C42H62FN5O11/c1-12-30-42(8)33(48(39(53)59-42)21-17-16-20-45-46-44)26(4)31(49)24(2)23-40(6,54-11)35(27(5)34(50)41(7,43)38(52)56-30)58-37-32(29(47(9)10)22-25(3)55-37)57-36(51)28-18-14-13-15-19-28/h13-15,18-19,24-27,29-30,32-33,35,37H,12,16-17,20-23H2,1-11H3/t24-,25-,26+,27-,29+,30?,32-,33-,35-,37+,40-,41+,42-/m1/s1. The predicted molar refractivity (Wildman–Crippen MR) is 213 cm³/mol. The number of Topliss-reactive ketones (excluding diaryl/α,β-unsaturated/α-hetero) is 2. The van der Waals surface area contributed by atoms with Crippen molar-refractivity contribution in [2.75, 3.05) is 34.3 Å². The normalized spacial score (nSPS) is 37.2. The maximum atomic E-state index is 17.0. The smallest absolute Gasteiger partial charge is 0.410 e. The number of fused-ring (bicyclic) bond motifs is 1. The quantitative estimate of drug-likeness (QED) is 0.0438. The van der Waals surface area contributed by atoms with Crippen LogP contribution in [-0.2, 0) is 42.8 Å². The lowest BCUT2D eigenvalue weighted by molar-refractivity contribution is -0.295. The molecule has 4 rings (SSSR count). The minimum absolute atomic E-state index is 0.0495. The Hall–Kier alpha value is -4.15. The van der Waals surface area contributed by atoms with Crippen molar-refractivity contribution in [3.8, 4) is 0 Å². The lowest BCUT2D eigenvalue weighted by atomic mass is 9.73. The highest BCUT2D eigenvalue weighted by Gasteiger charge is 2.62. The number of nitrogens with zero attached hydrogens (tertiary/aromatic N) is 5. The van der Waals surface area contributed by atoms with Gasteiger partial charge in [0, 0.05) is 42.9 Å². The molecule has 1 aromatic carbocycles. The molecule has 328 valence electrons. The maximum Gasteiger partial charge on any atom is 0.410 e. The third kappa shape index (κ3) is 10.1. The summed E-state index contributed by atoms with van der Waals surface area (Å²) in [4.78, 5) is 76.3. The fourth-order valence-electron chi connectivity index (χ4n) is 9.10. The van der Waals surface area contributed by atoms with Crippen LogP contribution < -0.4 is 0 Å². The molecule has 0 N–H and O–H groups in total. The Labute approximate surface area is 346 Å². The number of amides is 1. The fourth-order valence-corrected chi connectivity index (χ4v) is 9.10. The Kier molecular flexibility index (Phi) is 15.7. The van der Waals surface area contributed by atoms with Gasteiger partial charge >= 0.3 is 18.0 Å². The van der Waals surface area contributed by atoms with Gasteiger partial charge in [-0.3, -0.25) is 9.59 Å². The van der Waals surface area contributed by atoms with Crippen molar-refractivity contribution < 1.29 is 56.8 Å². The number of ether oxygens (including phenoxy) is 6. The number of cyclic esters (lactones) is 1. The number of halogens is 1. The van der Waals surface area contributed by atoms with Crippen LogP contribution in [0.25, 0.3) is 10.4 Å². The van der Waals surface area contributed by atoms with E-state index in [4.69, 9.17) is 34.0 Å². The van der Waals surface area contributed by atoms with Crippen molar-refractivity contribution in [2.24, 2.45) is 22.9 Å². The molecular weight excluding hydrogens is 769 g/mol. The second-order valence-electron chi connectivity index (χ2n) is 17.0. The molecule has 0 saturated carbocycles. The zero-order chi connectivity index (χ0) is 44.0. The summed E-state index contributed by atoms with van der Waals surface area (Å²) in [6.07, 6.45) is -4.89. The van der Waals surface area contributed by atoms with E-state index in [1.54, 1.807) is 65.0 Å². The van der Waals surface area contributed by atoms with E-state index in [0.29, 0.717) is 24.8 Å². The van der Waals surface area contributed by atoms with Gasteiger partial charge in [0.25, 0.3) is 5.67 Å². The van der Waals surface area contributed by atoms with Crippen LogP contribution in [0.1, 0.15) is 97.9 Å². The Morgan fingerprint density at radius 2 is 1.71 bits per heavy atom. The predicted octanol–water partition coefficient (Wildman–Crippen LogP) is 6.24. The van der Waals surface area contributed by atoms with Gasteiger partial charge in [0.15, 0.2) is 23.8 Å². The first-order valence-corrected chi connectivity index (χ1v) is 20.4. The highest BCUT2D eigenvalue weighted by Crippen LogP contribution is 2.44. The first-order valence-electron chi connectivity index (χ1n) is 20.4. The molecule has 0 radical (unpaired) electrons. The Morgan fingerprint density at radius 3 is 2.31 bits per heavy atom. The number of hydrogen-bond donors (Lipinski definition) is 0. The van der Waals surface area contributed by atoms with Gasteiger partial charge in [0.2, 0.25) is 0 Å². The molecule has 16 nitrogen and oxygen atoms in total. The summed E-state index contributed by atoms with van der Waals surface area (Å²) in [6, 6.07) is 7.00. The highest BCUT2D eigenvalue weighted by atomic mass is 19.1. The van der Waals surface area contributed by atoms with Crippen molar-refractivity contribution in [2.45, 2.75) is 147 Å². The number of rotatable bonds is 12. The lowest BCUT2D eigenvalue weighted by Crippen LogP contribution is -2.62. The van der Waals surface area contributed by atoms with Crippen LogP contribution >= 0.6 is 0 Å². The molecule has 13 atom stereocenters. The number of esters is 2. The van der Waals surface area contributed by atoms with Gasteiger partial charge in [0.05, 0.1) is 35.5 Å². The minimum atomic E-state index is -3.23. The Morgan fingerprint density at radius 1 is 1.05 bits per heavy atom. The molecule has 3 aliphatic heterocycles. The Bertz CT molecular complexity index is 1730. The molecule has 59 heavy (non-hydrogen) atoms. The van der Waals surface area contributed by atoms with Crippen LogP contribution in [-0.4, -0.2) is 133 Å². The van der Waals surface area contributed by atoms with Crippen molar-refractivity contribution in [1.82, 2.24) is 9.80 Å². The van der Waals surface area contributed by atoms with E-state index in [0.717, 1.165) is 6.92 Å². The summed E-state index contributed by atoms with van der Waals surface area (Å²) in [7, 11) is 5.03. The summed E-state index contributed by atoms with van der Waals surface area (Å²) >= 11 is 0.